The molecule has 2 N–H and O–H groups in total. The molecular weight excluding hydrogens is 438 g/mol. The molecule has 2 aromatic carbocycles. The fraction of sp³-hybridized carbons (Fsp3) is 0.286. The van der Waals surface area contributed by atoms with Crippen molar-refractivity contribution < 1.29 is 21.6 Å². The van der Waals surface area contributed by atoms with Crippen LogP contribution in [-0.2, 0) is 25.8 Å². The van der Waals surface area contributed by atoms with Gasteiger partial charge in [0.05, 0.1) is 10.6 Å². The third-order valence-electron chi connectivity index (χ3n) is 4.46. The summed E-state index contributed by atoms with van der Waals surface area (Å²) in [6.07, 6.45) is 1.46. The minimum Gasteiger partial charge on any atom is -0.322 e. The number of hydrogen-bond acceptors (Lipinski definition) is 5. The van der Waals surface area contributed by atoms with Gasteiger partial charge in [-0.15, -0.1) is 6.58 Å². The van der Waals surface area contributed by atoms with Gasteiger partial charge in [-0.1, -0.05) is 38.1 Å². The van der Waals surface area contributed by atoms with Gasteiger partial charge in [0.25, 0.3) is 5.91 Å². The van der Waals surface area contributed by atoms with Crippen LogP contribution in [0.2, 0.25) is 0 Å². The lowest BCUT2D eigenvalue weighted by atomic mass is 10.2. The number of nitrogens with one attached hydrogen (secondary N) is 2. The molecule has 0 spiro atoms. The molecule has 0 aliphatic heterocycles. The highest BCUT2D eigenvalue weighted by Gasteiger charge is 2.22. The number of amides is 1. The molecule has 0 aliphatic rings. The van der Waals surface area contributed by atoms with Gasteiger partial charge in [0, 0.05) is 30.9 Å². The second kappa shape index (κ2) is 10.7. The maximum atomic E-state index is 12.7. The predicted octanol–water partition coefficient (Wildman–Crippen LogP) is 2.57. The number of hydrogen-bond donors (Lipinski definition) is 2. The lowest BCUT2D eigenvalue weighted by molar-refractivity contribution is 0.102. The summed E-state index contributed by atoms with van der Waals surface area (Å²) in [5, 5.41) is 2.69. The van der Waals surface area contributed by atoms with Crippen molar-refractivity contribution in [3.8, 4) is 0 Å². The highest BCUT2D eigenvalue weighted by atomic mass is 32.2. The Morgan fingerprint density at radius 2 is 1.68 bits per heavy atom. The molecule has 0 fully saturated rings. The lowest BCUT2D eigenvalue weighted by Crippen LogP contribution is -2.30. The summed E-state index contributed by atoms with van der Waals surface area (Å²) in [6.45, 7) is 7.79. The molecule has 0 atom stereocenters. The van der Waals surface area contributed by atoms with E-state index in [0.29, 0.717) is 24.3 Å². The van der Waals surface area contributed by atoms with Gasteiger partial charge in [0.15, 0.2) is 0 Å². The van der Waals surface area contributed by atoms with Crippen LogP contribution in [0, 0.1) is 0 Å². The number of carbonyl (C=O) groups is 1. The standard InChI is InChI=1S/C21H27N3O5S2/c1-4-14-22-30(26,27)16-17-10-12-19(13-11-17)23-21(25)18-8-7-9-20(15-18)31(28,29)24(5-2)6-3/h4,7-13,15,22H,1,5-6,14,16H2,2-3H3,(H,23,25). The van der Waals surface area contributed by atoms with E-state index in [-0.39, 0.29) is 22.8 Å². The highest BCUT2D eigenvalue weighted by molar-refractivity contribution is 7.89. The van der Waals surface area contributed by atoms with Crippen LogP contribution in [0.4, 0.5) is 5.69 Å². The summed E-state index contributed by atoms with van der Waals surface area (Å²) in [7, 11) is -7.15. The number of carbonyl (C=O) groups excluding carboxylic acids is 1. The van der Waals surface area contributed by atoms with Crippen molar-refractivity contribution in [3.63, 3.8) is 0 Å². The number of anilines is 1. The molecular formula is C21H27N3O5S2. The van der Waals surface area contributed by atoms with Crippen LogP contribution in [-0.4, -0.2) is 46.7 Å². The predicted molar refractivity (Wildman–Crippen MR) is 122 cm³/mol. The molecule has 0 aromatic heterocycles. The quantitative estimate of drug-likeness (QED) is 0.495. The Labute approximate surface area is 184 Å². The zero-order valence-electron chi connectivity index (χ0n) is 17.5. The lowest BCUT2D eigenvalue weighted by Gasteiger charge is -2.18. The zero-order valence-corrected chi connectivity index (χ0v) is 19.2. The van der Waals surface area contributed by atoms with E-state index in [2.05, 4.69) is 16.6 Å². The molecule has 0 saturated carbocycles. The SMILES string of the molecule is C=CCNS(=O)(=O)Cc1ccc(NC(=O)c2cccc(S(=O)(=O)N(CC)CC)c2)cc1. The first kappa shape index (κ1) is 24.7. The first-order chi connectivity index (χ1) is 14.6. The third-order valence-corrected chi connectivity index (χ3v) is 7.82. The van der Waals surface area contributed by atoms with Gasteiger partial charge in [0.2, 0.25) is 20.0 Å². The fourth-order valence-corrected chi connectivity index (χ4v) is 5.46. The average molecular weight is 466 g/mol. The molecule has 1 amide bonds. The molecule has 168 valence electrons. The molecule has 0 bridgehead atoms. The monoisotopic (exact) mass is 465 g/mol. The largest absolute Gasteiger partial charge is 0.322 e. The number of nitrogens with zero attached hydrogens (tertiary/aromatic N) is 1. The summed E-state index contributed by atoms with van der Waals surface area (Å²) in [4.78, 5) is 12.7. The minimum atomic E-state index is -3.68. The molecule has 31 heavy (non-hydrogen) atoms. The molecule has 0 heterocycles. The van der Waals surface area contributed by atoms with E-state index in [1.807, 2.05) is 0 Å². The molecule has 0 radical (unpaired) electrons. The molecule has 0 aliphatic carbocycles. The number of sulfonamides is 2. The van der Waals surface area contributed by atoms with Crippen LogP contribution >= 0.6 is 0 Å². The van der Waals surface area contributed by atoms with E-state index in [4.69, 9.17) is 0 Å². The highest BCUT2D eigenvalue weighted by Crippen LogP contribution is 2.18. The molecule has 2 rings (SSSR count). The Morgan fingerprint density at radius 1 is 1.03 bits per heavy atom. The maximum absolute atomic E-state index is 12.7. The maximum Gasteiger partial charge on any atom is 0.255 e. The normalized spacial score (nSPS) is 12.0. The molecule has 0 unspecified atom stereocenters. The topological polar surface area (TPSA) is 113 Å². The Balaban J connectivity index is 2.13. The molecule has 2 aromatic rings. The summed E-state index contributed by atoms with van der Waals surface area (Å²) < 4.78 is 52.9. The van der Waals surface area contributed by atoms with Crippen molar-refractivity contribution in [2.75, 3.05) is 25.0 Å². The second-order valence-electron chi connectivity index (χ2n) is 6.66. The smallest absolute Gasteiger partial charge is 0.255 e. The van der Waals surface area contributed by atoms with Gasteiger partial charge in [-0.25, -0.2) is 21.6 Å². The Bertz CT molecular complexity index is 1120. The van der Waals surface area contributed by atoms with Crippen molar-refractivity contribution in [1.82, 2.24) is 9.03 Å². The van der Waals surface area contributed by atoms with E-state index < -0.39 is 26.0 Å². The summed E-state index contributed by atoms with van der Waals surface area (Å²) >= 11 is 0. The van der Waals surface area contributed by atoms with Crippen LogP contribution in [0.3, 0.4) is 0 Å². The van der Waals surface area contributed by atoms with E-state index in [1.54, 1.807) is 38.1 Å². The molecule has 8 nitrogen and oxygen atoms in total. The van der Waals surface area contributed by atoms with Crippen LogP contribution in [0.5, 0.6) is 0 Å². The molecule has 10 heteroatoms. The fourth-order valence-electron chi connectivity index (χ4n) is 2.85. The van der Waals surface area contributed by atoms with Crippen molar-refractivity contribution in [2.24, 2.45) is 0 Å². The number of benzene rings is 2. The van der Waals surface area contributed by atoms with Crippen molar-refractivity contribution in [3.05, 3.63) is 72.3 Å². The first-order valence-electron chi connectivity index (χ1n) is 9.71. The van der Waals surface area contributed by atoms with Gasteiger partial charge in [-0.2, -0.15) is 4.31 Å². The Kier molecular flexibility index (Phi) is 8.52. The zero-order chi connectivity index (χ0) is 23.1. The number of rotatable bonds is 11. The van der Waals surface area contributed by atoms with E-state index in [9.17, 15) is 21.6 Å². The summed E-state index contributed by atoms with van der Waals surface area (Å²) in [5.41, 5.74) is 1.22. The first-order valence-corrected chi connectivity index (χ1v) is 12.8. The minimum absolute atomic E-state index is 0.0522. The van der Waals surface area contributed by atoms with Gasteiger partial charge >= 0.3 is 0 Å². The van der Waals surface area contributed by atoms with Gasteiger partial charge in [0.1, 0.15) is 0 Å². The third kappa shape index (κ3) is 6.73. The van der Waals surface area contributed by atoms with Gasteiger partial charge in [-0.05, 0) is 35.9 Å². The van der Waals surface area contributed by atoms with Crippen molar-refractivity contribution >= 4 is 31.6 Å². The van der Waals surface area contributed by atoms with Crippen LogP contribution in [0.1, 0.15) is 29.8 Å². The Hall–Kier alpha value is -2.53. The van der Waals surface area contributed by atoms with Crippen LogP contribution < -0.4 is 10.0 Å². The van der Waals surface area contributed by atoms with E-state index >= 15 is 0 Å². The van der Waals surface area contributed by atoms with Gasteiger partial charge in [-0.3, -0.25) is 4.79 Å². The Morgan fingerprint density at radius 3 is 2.26 bits per heavy atom. The van der Waals surface area contributed by atoms with Crippen LogP contribution in [0.25, 0.3) is 0 Å². The van der Waals surface area contributed by atoms with Gasteiger partial charge < -0.3 is 5.32 Å². The second-order valence-corrected chi connectivity index (χ2v) is 10.4. The van der Waals surface area contributed by atoms with E-state index in [0.717, 1.165) is 0 Å². The summed E-state index contributed by atoms with van der Waals surface area (Å²) in [5.74, 6) is -0.662. The average Bonchev–Trinajstić information content (AvgIpc) is 2.74. The summed E-state index contributed by atoms with van der Waals surface area (Å²) in [6, 6.07) is 12.2. The van der Waals surface area contributed by atoms with Crippen molar-refractivity contribution in [1.29, 1.82) is 0 Å². The van der Waals surface area contributed by atoms with Crippen molar-refractivity contribution in [2.45, 2.75) is 24.5 Å². The van der Waals surface area contributed by atoms with Crippen LogP contribution in [0.15, 0.2) is 66.1 Å². The van der Waals surface area contributed by atoms with E-state index in [1.165, 1.54) is 34.6 Å². The molecule has 0 saturated heterocycles.